The summed E-state index contributed by atoms with van der Waals surface area (Å²) in [5.41, 5.74) is 0.803. The van der Waals surface area contributed by atoms with E-state index in [1.807, 2.05) is 20.8 Å². The topological polar surface area (TPSA) is 67.3 Å². The van der Waals surface area contributed by atoms with E-state index in [2.05, 4.69) is 15.3 Å². The molecule has 0 fully saturated rings. The van der Waals surface area contributed by atoms with Crippen molar-refractivity contribution in [2.24, 2.45) is 0 Å². The lowest BCUT2D eigenvalue weighted by atomic mass is 10.3. The number of likely N-dealkylation sites (N-methyl/N-ethyl adjacent to an activating group) is 1. The number of hydrogen-bond donors (Lipinski definition) is 1. The standard InChI is InChI=1S/C14H24N4O2/c1-6-8-20-12-9-10(3)15-14(17-12)16-11(4)13(19)18(5)7-2/h9,11H,6-8H2,1-5H3,(H,15,16,17). The Bertz CT molecular complexity index is 451. The van der Waals surface area contributed by atoms with Gasteiger partial charge in [0.2, 0.25) is 17.7 Å². The SMILES string of the molecule is CCCOc1cc(C)nc(NC(C)C(=O)N(C)CC)n1. The molecule has 6 nitrogen and oxygen atoms in total. The van der Waals surface area contributed by atoms with Crippen LogP contribution in [0.25, 0.3) is 0 Å². The number of aromatic nitrogens is 2. The Hall–Kier alpha value is -1.85. The Morgan fingerprint density at radius 3 is 2.75 bits per heavy atom. The van der Waals surface area contributed by atoms with Crippen molar-refractivity contribution in [3.05, 3.63) is 11.8 Å². The first kappa shape index (κ1) is 16.2. The van der Waals surface area contributed by atoms with Gasteiger partial charge in [0.15, 0.2) is 0 Å². The van der Waals surface area contributed by atoms with Crippen LogP contribution in [-0.4, -0.2) is 47.0 Å². The van der Waals surface area contributed by atoms with Crippen molar-refractivity contribution in [1.82, 2.24) is 14.9 Å². The Morgan fingerprint density at radius 1 is 1.45 bits per heavy atom. The number of amides is 1. The van der Waals surface area contributed by atoms with Crippen LogP contribution in [0.4, 0.5) is 5.95 Å². The minimum Gasteiger partial charge on any atom is -0.478 e. The molecule has 1 atom stereocenters. The van der Waals surface area contributed by atoms with Gasteiger partial charge < -0.3 is 15.0 Å². The van der Waals surface area contributed by atoms with Gasteiger partial charge in [-0.2, -0.15) is 4.98 Å². The van der Waals surface area contributed by atoms with Gasteiger partial charge in [-0.05, 0) is 27.2 Å². The zero-order valence-electron chi connectivity index (χ0n) is 12.9. The summed E-state index contributed by atoms with van der Waals surface area (Å²) >= 11 is 0. The molecule has 0 aliphatic carbocycles. The third-order valence-corrected chi connectivity index (χ3v) is 2.85. The Morgan fingerprint density at radius 2 is 2.15 bits per heavy atom. The molecule has 1 unspecified atom stereocenters. The normalized spacial score (nSPS) is 11.8. The number of aryl methyl sites for hydroxylation is 1. The molecular weight excluding hydrogens is 256 g/mol. The van der Waals surface area contributed by atoms with Crippen LogP contribution in [0.5, 0.6) is 5.88 Å². The van der Waals surface area contributed by atoms with Gasteiger partial charge in [0, 0.05) is 25.4 Å². The Labute approximate surface area is 120 Å². The van der Waals surface area contributed by atoms with E-state index in [1.54, 1.807) is 24.9 Å². The molecule has 1 heterocycles. The third kappa shape index (κ3) is 4.68. The van der Waals surface area contributed by atoms with Crippen molar-refractivity contribution in [2.75, 3.05) is 25.5 Å². The molecule has 1 amide bonds. The summed E-state index contributed by atoms with van der Waals surface area (Å²) < 4.78 is 5.50. The number of nitrogens with zero attached hydrogens (tertiary/aromatic N) is 3. The molecule has 1 N–H and O–H groups in total. The average molecular weight is 280 g/mol. The van der Waals surface area contributed by atoms with Gasteiger partial charge in [-0.25, -0.2) is 4.98 Å². The number of hydrogen-bond acceptors (Lipinski definition) is 5. The molecule has 0 aliphatic heterocycles. The summed E-state index contributed by atoms with van der Waals surface area (Å²) in [6.07, 6.45) is 0.919. The van der Waals surface area contributed by atoms with Crippen LogP contribution >= 0.6 is 0 Å². The molecule has 0 aromatic carbocycles. The lowest BCUT2D eigenvalue weighted by Crippen LogP contribution is -2.39. The maximum absolute atomic E-state index is 12.0. The summed E-state index contributed by atoms with van der Waals surface area (Å²) in [6.45, 7) is 8.93. The Kier molecular flexibility index (Phi) is 6.21. The number of carbonyl (C=O) groups excluding carboxylic acids is 1. The fourth-order valence-corrected chi connectivity index (χ4v) is 1.63. The first-order chi connectivity index (χ1) is 9.47. The van der Waals surface area contributed by atoms with Crippen molar-refractivity contribution < 1.29 is 9.53 Å². The first-order valence-corrected chi connectivity index (χ1v) is 6.97. The lowest BCUT2D eigenvalue weighted by Gasteiger charge is -2.20. The van der Waals surface area contributed by atoms with Gasteiger partial charge in [-0.3, -0.25) is 4.79 Å². The van der Waals surface area contributed by atoms with Crippen LogP contribution in [0.3, 0.4) is 0 Å². The maximum atomic E-state index is 12.0. The molecule has 1 aromatic rings. The van der Waals surface area contributed by atoms with Crippen LogP contribution in [0.2, 0.25) is 0 Å². The second-order valence-corrected chi connectivity index (χ2v) is 4.74. The highest BCUT2D eigenvalue weighted by molar-refractivity contribution is 5.83. The largest absolute Gasteiger partial charge is 0.478 e. The monoisotopic (exact) mass is 280 g/mol. The van der Waals surface area contributed by atoms with Gasteiger partial charge in [-0.15, -0.1) is 0 Å². The predicted molar refractivity (Wildman–Crippen MR) is 79.0 cm³/mol. The van der Waals surface area contributed by atoms with Gasteiger partial charge in [-0.1, -0.05) is 6.92 Å². The van der Waals surface area contributed by atoms with Gasteiger partial charge in [0.05, 0.1) is 6.61 Å². The lowest BCUT2D eigenvalue weighted by molar-refractivity contribution is -0.130. The van der Waals surface area contributed by atoms with Crippen molar-refractivity contribution in [3.63, 3.8) is 0 Å². The van der Waals surface area contributed by atoms with Crippen LogP contribution in [0, 0.1) is 6.92 Å². The van der Waals surface area contributed by atoms with Gasteiger partial charge in [0.25, 0.3) is 0 Å². The molecule has 1 rings (SSSR count). The van der Waals surface area contributed by atoms with E-state index in [1.165, 1.54) is 0 Å². The average Bonchev–Trinajstić information content (AvgIpc) is 2.42. The third-order valence-electron chi connectivity index (χ3n) is 2.85. The fraction of sp³-hybridized carbons (Fsp3) is 0.643. The van der Waals surface area contributed by atoms with Crippen LogP contribution in [0.15, 0.2) is 6.07 Å². The molecule has 0 aliphatic rings. The van der Waals surface area contributed by atoms with E-state index >= 15 is 0 Å². The summed E-state index contributed by atoms with van der Waals surface area (Å²) in [7, 11) is 1.77. The van der Waals surface area contributed by atoms with Crippen LogP contribution < -0.4 is 10.1 Å². The molecule has 0 saturated heterocycles. The molecule has 0 bridgehead atoms. The summed E-state index contributed by atoms with van der Waals surface area (Å²) in [4.78, 5) is 22.2. The Balaban J connectivity index is 2.76. The second-order valence-electron chi connectivity index (χ2n) is 4.74. The van der Waals surface area contributed by atoms with Crippen molar-refractivity contribution in [3.8, 4) is 5.88 Å². The highest BCUT2D eigenvalue weighted by atomic mass is 16.5. The smallest absolute Gasteiger partial charge is 0.244 e. The molecular formula is C14H24N4O2. The number of anilines is 1. The molecule has 6 heteroatoms. The molecule has 0 radical (unpaired) electrons. The minimum atomic E-state index is -0.374. The van der Waals surface area contributed by atoms with Crippen molar-refractivity contribution in [2.45, 2.75) is 40.2 Å². The van der Waals surface area contributed by atoms with E-state index in [-0.39, 0.29) is 11.9 Å². The van der Waals surface area contributed by atoms with E-state index in [4.69, 9.17) is 4.74 Å². The molecule has 20 heavy (non-hydrogen) atoms. The van der Waals surface area contributed by atoms with E-state index < -0.39 is 0 Å². The number of rotatable bonds is 7. The van der Waals surface area contributed by atoms with E-state index in [0.717, 1.165) is 12.1 Å². The zero-order chi connectivity index (χ0) is 15.1. The van der Waals surface area contributed by atoms with Gasteiger partial charge >= 0.3 is 0 Å². The van der Waals surface area contributed by atoms with E-state index in [0.29, 0.717) is 25.0 Å². The van der Waals surface area contributed by atoms with Crippen LogP contribution in [0.1, 0.15) is 32.9 Å². The molecule has 112 valence electrons. The highest BCUT2D eigenvalue weighted by Gasteiger charge is 2.17. The fourth-order valence-electron chi connectivity index (χ4n) is 1.63. The number of nitrogens with one attached hydrogen (secondary N) is 1. The first-order valence-electron chi connectivity index (χ1n) is 6.97. The van der Waals surface area contributed by atoms with Crippen molar-refractivity contribution in [1.29, 1.82) is 0 Å². The van der Waals surface area contributed by atoms with Gasteiger partial charge in [0.1, 0.15) is 6.04 Å². The second kappa shape index (κ2) is 7.67. The van der Waals surface area contributed by atoms with Crippen molar-refractivity contribution >= 4 is 11.9 Å². The molecule has 1 aromatic heterocycles. The number of carbonyl (C=O) groups is 1. The zero-order valence-corrected chi connectivity index (χ0v) is 12.9. The quantitative estimate of drug-likeness (QED) is 0.825. The summed E-state index contributed by atoms with van der Waals surface area (Å²) in [5, 5.41) is 3.02. The van der Waals surface area contributed by atoms with Crippen LogP contribution in [-0.2, 0) is 4.79 Å². The maximum Gasteiger partial charge on any atom is 0.244 e. The highest BCUT2D eigenvalue weighted by Crippen LogP contribution is 2.13. The summed E-state index contributed by atoms with van der Waals surface area (Å²) in [5.74, 6) is 0.959. The molecule has 0 saturated carbocycles. The predicted octanol–water partition coefficient (Wildman–Crippen LogP) is 1.85. The summed E-state index contributed by atoms with van der Waals surface area (Å²) in [6, 6.07) is 1.41. The molecule has 0 spiro atoms. The van der Waals surface area contributed by atoms with E-state index in [9.17, 15) is 4.79 Å². The minimum absolute atomic E-state index is 0.00799. The number of ether oxygens (including phenoxy) is 1.